The first kappa shape index (κ1) is 21.2. The highest BCUT2D eigenvalue weighted by atomic mass is 32.2. The molecule has 1 aliphatic rings. The van der Waals surface area contributed by atoms with Gasteiger partial charge in [0.25, 0.3) is 0 Å². The van der Waals surface area contributed by atoms with Crippen LogP contribution >= 0.6 is 0 Å². The molecular weight excluding hydrogens is 415 g/mol. The Labute approximate surface area is 181 Å². The molecule has 0 saturated heterocycles. The summed E-state index contributed by atoms with van der Waals surface area (Å²) < 4.78 is 41.2. The zero-order chi connectivity index (χ0) is 22.0. The molecule has 0 N–H and O–H groups in total. The van der Waals surface area contributed by atoms with E-state index in [-0.39, 0.29) is 29.9 Å². The number of hydrogen-bond donors (Lipinski definition) is 0. The fourth-order valence-corrected chi connectivity index (χ4v) is 5.33. The largest absolute Gasteiger partial charge is 0.308 e. The maximum absolute atomic E-state index is 13.4. The van der Waals surface area contributed by atoms with Gasteiger partial charge in [0.15, 0.2) is 0 Å². The Kier molecular flexibility index (Phi) is 5.89. The number of rotatable bonds is 6. The predicted octanol–water partition coefficient (Wildman–Crippen LogP) is 3.99. The van der Waals surface area contributed by atoms with Crippen molar-refractivity contribution in [2.24, 2.45) is 0 Å². The molecule has 0 aliphatic carbocycles. The average molecular weight is 439 g/mol. The zero-order valence-corrected chi connectivity index (χ0v) is 17.9. The molecule has 160 valence electrons. The lowest BCUT2D eigenvalue weighted by atomic mass is 10.1. The maximum atomic E-state index is 13.4. The minimum absolute atomic E-state index is 0.0346. The molecule has 31 heavy (non-hydrogen) atoms. The van der Waals surface area contributed by atoms with Crippen LogP contribution in [-0.2, 0) is 27.8 Å². The van der Waals surface area contributed by atoms with E-state index in [1.807, 2.05) is 31.2 Å². The molecule has 0 aromatic heterocycles. The zero-order valence-electron chi connectivity index (χ0n) is 17.1. The smallest absolute Gasteiger partial charge is 0.243 e. The number of sulfonamides is 1. The van der Waals surface area contributed by atoms with Crippen LogP contribution in [0.3, 0.4) is 0 Å². The first-order valence-electron chi connectivity index (χ1n) is 10.1. The van der Waals surface area contributed by atoms with Crippen molar-refractivity contribution in [1.29, 1.82) is 0 Å². The van der Waals surface area contributed by atoms with Crippen molar-refractivity contribution >= 4 is 21.6 Å². The van der Waals surface area contributed by atoms with Crippen molar-refractivity contribution in [3.63, 3.8) is 0 Å². The molecule has 3 aromatic rings. The fourth-order valence-electron chi connectivity index (χ4n) is 3.93. The number of benzene rings is 3. The monoisotopic (exact) mass is 438 g/mol. The Balaban J connectivity index is 1.66. The summed E-state index contributed by atoms with van der Waals surface area (Å²) in [5, 5.41) is 0. The van der Waals surface area contributed by atoms with E-state index in [9.17, 15) is 17.6 Å². The minimum Gasteiger partial charge on any atom is -0.308 e. The number of hydrogen-bond acceptors (Lipinski definition) is 3. The second-order valence-corrected chi connectivity index (χ2v) is 9.60. The molecule has 4 rings (SSSR count). The van der Waals surface area contributed by atoms with Crippen LogP contribution in [0.5, 0.6) is 0 Å². The van der Waals surface area contributed by atoms with Crippen LogP contribution in [0.2, 0.25) is 0 Å². The van der Waals surface area contributed by atoms with Crippen LogP contribution in [0.15, 0.2) is 83.8 Å². The number of amides is 1. The molecule has 0 bridgehead atoms. The highest BCUT2D eigenvalue weighted by Gasteiger charge is 2.34. The van der Waals surface area contributed by atoms with Crippen LogP contribution in [0.1, 0.15) is 18.1 Å². The first-order chi connectivity index (χ1) is 14.9. The quantitative estimate of drug-likeness (QED) is 0.585. The lowest BCUT2D eigenvalue weighted by Crippen LogP contribution is -2.44. The van der Waals surface area contributed by atoms with E-state index >= 15 is 0 Å². The average Bonchev–Trinajstić information content (AvgIpc) is 3.11. The van der Waals surface area contributed by atoms with Gasteiger partial charge >= 0.3 is 0 Å². The molecular formula is C24H23FN2O3S. The van der Waals surface area contributed by atoms with E-state index in [0.717, 1.165) is 22.0 Å². The summed E-state index contributed by atoms with van der Waals surface area (Å²) in [4.78, 5) is 15.1. The third-order valence-electron chi connectivity index (χ3n) is 5.44. The van der Waals surface area contributed by atoms with E-state index in [1.165, 1.54) is 36.4 Å². The number of carbonyl (C=O) groups is 1. The number of para-hydroxylation sites is 1. The molecule has 5 nitrogen and oxygen atoms in total. The van der Waals surface area contributed by atoms with Gasteiger partial charge in [-0.25, -0.2) is 12.8 Å². The Hall–Kier alpha value is -3.03. The lowest BCUT2D eigenvalue weighted by molar-refractivity contribution is -0.119. The molecule has 0 spiro atoms. The normalized spacial score (nSPS) is 15.8. The van der Waals surface area contributed by atoms with Crippen molar-refractivity contribution in [3.05, 3.63) is 95.8 Å². The number of nitrogens with zero attached hydrogens (tertiary/aromatic N) is 2. The topological polar surface area (TPSA) is 57.7 Å². The number of anilines is 1. The van der Waals surface area contributed by atoms with Gasteiger partial charge in [0.2, 0.25) is 15.9 Å². The second-order valence-electron chi connectivity index (χ2n) is 7.66. The minimum atomic E-state index is -3.94. The Morgan fingerprint density at radius 1 is 1.00 bits per heavy atom. The van der Waals surface area contributed by atoms with Crippen LogP contribution < -0.4 is 4.90 Å². The number of fused-ring (bicyclic) bond motifs is 1. The van der Waals surface area contributed by atoms with Crippen molar-refractivity contribution in [3.8, 4) is 0 Å². The fraction of sp³-hybridized carbons (Fsp3) is 0.208. The number of halogens is 1. The number of carbonyl (C=O) groups excluding carboxylic acids is 1. The van der Waals surface area contributed by atoms with Gasteiger partial charge in [0.05, 0.1) is 11.4 Å². The summed E-state index contributed by atoms with van der Waals surface area (Å²) in [5.74, 6) is -0.696. The van der Waals surface area contributed by atoms with Gasteiger partial charge < -0.3 is 4.90 Å². The Morgan fingerprint density at radius 2 is 1.65 bits per heavy atom. The molecule has 0 fully saturated rings. The predicted molar refractivity (Wildman–Crippen MR) is 118 cm³/mol. The molecule has 1 unspecified atom stereocenters. The van der Waals surface area contributed by atoms with Crippen LogP contribution in [0.4, 0.5) is 10.1 Å². The SMILES string of the molecule is CC1Cc2ccccc2N1C(=O)CN(Cc1ccc(F)cc1)S(=O)(=O)c1ccccc1. The molecule has 3 aromatic carbocycles. The first-order valence-corrected chi connectivity index (χ1v) is 11.5. The third-order valence-corrected chi connectivity index (χ3v) is 7.25. The maximum Gasteiger partial charge on any atom is 0.243 e. The summed E-state index contributed by atoms with van der Waals surface area (Å²) in [6.07, 6.45) is 0.727. The molecule has 0 radical (unpaired) electrons. The van der Waals surface area contributed by atoms with Crippen molar-refractivity contribution < 1.29 is 17.6 Å². The molecule has 1 amide bonds. The highest BCUT2D eigenvalue weighted by molar-refractivity contribution is 7.89. The van der Waals surface area contributed by atoms with Gasteiger partial charge in [-0.15, -0.1) is 0 Å². The highest BCUT2D eigenvalue weighted by Crippen LogP contribution is 2.32. The molecule has 1 atom stereocenters. The van der Waals surface area contributed by atoms with Crippen LogP contribution in [0.25, 0.3) is 0 Å². The summed E-state index contributed by atoms with van der Waals surface area (Å²) in [6, 6.07) is 21.3. The lowest BCUT2D eigenvalue weighted by Gasteiger charge is -2.27. The second kappa shape index (κ2) is 8.61. The van der Waals surface area contributed by atoms with Crippen LogP contribution in [0, 0.1) is 5.82 Å². The van der Waals surface area contributed by atoms with Crippen LogP contribution in [-0.4, -0.2) is 31.2 Å². The van der Waals surface area contributed by atoms with E-state index in [0.29, 0.717) is 5.56 Å². The van der Waals surface area contributed by atoms with E-state index in [2.05, 4.69) is 0 Å². The van der Waals surface area contributed by atoms with E-state index in [4.69, 9.17) is 0 Å². The van der Waals surface area contributed by atoms with E-state index in [1.54, 1.807) is 23.1 Å². The Morgan fingerprint density at radius 3 is 2.35 bits per heavy atom. The van der Waals surface area contributed by atoms with Gasteiger partial charge in [-0.1, -0.05) is 48.5 Å². The van der Waals surface area contributed by atoms with Gasteiger partial charge in [-0.05, 0) is 54.8 Å². The summed E-state index contributed by atoms with van der Waals surface area (Å²) in [6.45, 7) is 1.61. The standard InChI is InChI=1S/C24H23FN2O3S/c1-18-15-20-7-5-6-10-23(20)27(18)24(28)17-26(16-19-11-13-21(25)14-12-19)31(29,30)22-8-3-2-4-9-22/h2-14,18H,15-17H2,1H3. The third kappa shape index (κ3) is 4.38. The van der Waals surface area contributed by atoms with Gasteiger partial charge in [-0.3, -0.25) is 4.79 Å². The summed E-state index contributed by atoms with van der Waals surface area (Å²) in [7, 11) is -3.94. The molecule has 1 aliphatic heterocycles. The van der Waals surface area contributed by atoms with Gasteiger partial charge in [-0.2, -0.15) is 4.31 Å². The Bertz CT molecular complexity index is 1180. The summed E-state index contributed by atoms with van der Waals surface area (Å²) in [5.41, 5.74) is 2.49. The van der Waals surface area contributed by atoms with Crippen molar-refractivity contribution in [2.45, 2.75) is 30.8 Å². The van der Waals surface area contributed by atoms with Crippen molar-refractivity contribution in [2.75, 3.05) is 11.4 Å². The van der Waals surface area contributed by atoms with E-state index < -0.39 is 15.8 Å². The molecule has 0 saturated carbocycles. The van der Waals surface area contributed by atoms with Crippen molar-refractivity contribution in [1.82, 2.24) is 4.31 Å². The van der Waals surface area contributed by atoms with Gasteiger partial charge in [0, 0.05) is 18.3 Å². The molecule has 1 heterocycles. The van der Waals surface area contributed by atoms with Gasteiger partial charge in [0.1, 0.15) is 5.82 Å². The summed E-state index contributed by atoms with van der Waals surface area (Å²) >= 11 is 0. The molecule has 7 heteroatoms.